The maximum atomic E-state index is 12.4. The first-order valence-electron chi connectivity index (χ1n) is 7.27. The van der Waals surface area contributed by atoms with E-state index < -0.39 is 0 Å². The number of nitrogens with one attached hydrogen (secondary N) is 1. The second-order valence-corrected chi connectivity index (χ2v) is 5.86. The van der Waals surface area contributed by atoms with Crippen molar-refractivity contribution in [1.82, 2.24) is 10.2 Å². The van der Waals surface area contributed by atoms with E-state index in [1.807, 2.05) is 0 Å². The molecule has 1 amide bonds. The van der Waals surface area contributed by atoms with E-state index in [1.165, 1.54) is 12.8 Å². The first-order valence-corrected chi connectivity index (χ1v) is 7.27. The Labute approximate surface area is 122 Å². The topological polar surface area (TPSA) is 41.6 Å². The monoisotopic (exact) mass is 290 g/mol. The van der Waals surface area contributed by atoms with Crippen molar-refractivity contribution in [2.75, 3.05) is 26.3 Å². The fourth-order valence-electron chi connectivity index (χ4n) is 2.95. The van der Waals surface area contributed by atoms with Gasteiger partial charge in [-0.3, -0.25) is 4.79 Å². The van der Waals surface area contributed by atoms with Gasteiger partial charge in [0.2, 0.25) is 5.91 Å². The highest BCUT2D eigenvalue weighted by molar-refractivity contribution is 5.85. The fraction of sp³-hybridized carbons (Fsp3) is 0.929. The standard InChI is InChI=1S/C14H26N2O2.ClH/c1-11-4-3-5-12(2)16(9-11)14(17)8-13-10-18-7-6-15-13;/h11-13,15H,3-10H2,1-2H3;1H. The van der Waals surface area contributed by atoms with Gasteiger partial charge in [0.25, 0.3) is 0 Å². The molecule has 2 rings (SSSR count). The second-order valence-electron chi connectivity index (χ2n) is 5.86. The van der Waals surface area contributed by atoms with Crippen LogP contribution in [-0.4, -0.2) is 49.2 Å². The molecule has 2 saturated heterocycles. The molecule has 3 unspecified atom stereocenters. The van der Waals surface area contributed by atoms with E-state index >= 15 is 0 Å². The molecule has 0 aromatic carbocycles. The summed E-state index contributed by atoms with van der Waals surface area (Å²) in [4.78, 5) is 14.5. The predicted molar refractivity (Wildman–Crippen MR) is 78.7 cm³/mol. The molecule has 5 heteroatoms. The Kier molecular flexibility index (Phi) is 7.11. The minimum atomic E-state index is 0. The number of carbonyl (C=O) groups is 1. The first-order chi connectivity index (χ1) is 8.66. The lowest BCUT2D eigenvalue weighted by molar-refractivity contribution is -0.134. The van der Waals surface area contributed by atoms with Gasteiger partial charge in [-0.1, -0.05) is 13.3 Å². The van der Waals surface area contributed by atoms with Crippen LogP contribution in [0.1, 0.15) is 39.5 Å². The summed E-state index contributed by atoms with van der Waals surface area (Å²) >= 11 is 0. The third-order valence-electron chi connectivity index (χ3n) is 4.10. The largest absolute Gasteiger partial charge is 0.378 e. The molecule has 2 aliphatic heterocycles. The molecule has 3 atom stereocenters. The van der Waals surface area contributed by atoms with Crippen LogP contribution in [0.2, 0.25) is 0 Å². The van der Waals surface area contributed by atoms with E-state index in [2.05, 4.69) is 24.1 Å². The Morgan fingerprint density at radius 2 is 2.16 bits per heavy atom. The van der Waals surface area contributed by atoms with Crippen molar-refractivity contribution in [1.29, 1.82) is 0 Å². The third-order valence-corrected chi connectivity index (χ3v) is 4.10. The van der Waals surface area contributed by atoms with Crippen LogP contribution in [-0.2, 0) is 9.53 Å². The Morgan fingerprint density at radius 3 is 2.84 bits per heavy atom. The molecule has 112 valence electrons. The number of rotatable bonds is 2. The van der Waals surface area contributed by atoms with Crippen LogP contribution in [0.25, 0.3) is 0 Å². The number of likely N-dealkylation sites (tertiary alicyclic amines) is 1. The zero-order chi connectivity index (χ0) is 13.0. The van der Waals surface area contributed by atoms with Crippen LogP contribution >= 0.6 is 12.4 Å². The molecule has 0 saturated carbocycles. The van der Waals surface area contributed by atoms with Crippen molar-refractivity contribution < 1.29 is 9.53 Å². The maximum absolute atomic E-state index is 12.4. The smallest absolute Gasteiger partial charge is 0.224 e. The van der Waals surface area contributed by atoms with Gasteiger partial charge >= 0.3 is 0 Å². The summed E-state index contributed by atoms with van der Waals surface area (Å²) in [5, 5.41) is 3.36. The zero-order valence-electron chi connectivity index (χ0n) is 12.1. The Morgan fingerprint density at radius 1 is 1.37 bits per heavy atom. The minimum Gasteiger partial charge on any atom is -0.378 e. The predicted octanol–water partition coefficient (Wildman–Crippen LogP) is 1.82. The highest BCUT2D eigenvalue weighted by Crippen LogP contribution is 2.21. The fourth-order valence-corrected chi connectivity index (χ4v) is 2.95. The molecule has 0 aromatic rings. The van der Waals surface area contributed by atoms with Crippen molar-refractivity contribution >= 4 is 18.3 Å². The van der Waals surface area contributed by atoms with Gasteiger partial charge in [-0.2, -0.15) is 0 Å². The van der Waals surface area contributed by atoms with E-state index in [-0.39, 0.29) is 18.4 Å². The summed E-state index contributed by atoms with van der Waals surface area (Å²) in [5.74, 6) is 0.925. The van der Waals surface area contributed by atoms with E-state index in [0.717, 1.165) is 26.1 Å². The molecule has 0 bridgehead atoms. The van der Waals surface area contributed by atoms with Crippen molar-refractivity contribution in [2.45, 2.75) is 51.6 Å². The van der Waals surface area contributed by atoms with Crippen molar-refractivity contribution in [3.8, 4) is 0 Å². The number of ether oxygens (including phenoxy) is 1. The molecule has 0 spiro atoms. The summed E-state index contributed by atoms with van der Waals surface area (Å²) in [6.07, 6.45) is 4.22. The molecule has 1 N–H and O–H groups in total. The minimum absolute atomic E-state index is 0. The quantitative estimate of drug-likeness (QED) is 0.843. The van der Waals surface area contributed by atoms with Crippen LogP contribution in [0, 0.1) is 5.92 Å². The van der Waals surface area contributed by atoms with Gasteiger partial charge in [0.1, 0.15) is 0 Å². The number of carbonyl (C=O) groups excluding carboxylic acids is 1. The van der Waals surface area contributed by atoms with Crippen LogP contribution in [0.5, 0.6) is 0 Å². The number of hydrogen-bond acceptors (Lipinski definition) is 3. The summed E-state index contributed by atoms with van der Waals surface area (Å²) < 4.78 is 5.41. The molecule has 0 radical (unpaired) electrons. The molecule has 2 aliphatic rings. The van der Waals surface area contributed by atoms with Crippen LogP contribution < -0.4 is 5.32 Å². The number of nitrogens with zero attached hydrogens (tertiary/aromatic N) is 1. The van der Waals surface area contributed by atoms with Gasteiger partial charge in [0.15, 0.2) is 0 Å². The molecular formula is C14H27ClN2O2. The van der Waals surface area contributed by atoms with Crippen molar-refractivity contribution in [3.63, 3.8) is 0 Å². The van der Waals surface area contributed by atoms with Crippen LogP contribution in [0.15, 0.2) is 0 Å². The Balaban J connectivity index is 0.00000180. The third kappa shape index (κ3) is 4.93. The zero-order valence-corrected chi connectivity index (χ0v) is 12.9. The van der Waals surface area contributed by atoms with E-state index in [9.17, 15) is 4.79 Å². The Hall–Kier alpha value is -0.320. The summed E-state index contributed by atoms with van der Waals surface area (Å²) in [7, 11) is 0. The van der Waals surface area contributed by atoms with Gasteiger partial charge in [-0.05, 0) is 25.7 Å². The maximum Gasteiger partial charge on any atom is 0.224 e. The highest BCUT2D eigenvalue weighted by Gasteiger charge is 2.27. The normalized spacial score (nSPS) is 32.3. The van der Waals surface area contributed by atoms with Crippen molar-refractivity contribution in [2.24, 2.45) is 5.92 Å². The number of morpholine rings is 1. The lowest BCUT2D eigenvalue weighted by Gasteiger charge is -2.31. The lowest BCUT2D eigenvalue weighted by atomic mass is 10.1. The molecule has 2 heterocycles. The van der Waals surface area contributed by atoms with Crippen LogP contribution in [0.4, 0.5) is 0 Å². The van der Waals surface area contributed by atoms with Crippen molar-refractivity contribution in [3.05, 3.63) is 0 Å². The van der Waals surface area contributed by atoms with Gasteiger partial charge in [0.05, 0.1) is 13.2 Å². The average molecular weight is 291 g/mol. The molecule has 19 heavy (non-hydrogen) atoms. The number of amides is 1. The van der Waals surface area contributed by atoms with Gasteiger partial charge < -0.3 is 15.0 Å². The highest BCUT2D eigenvalue weighted by atomic mass is 35.5. The summed E-state index contributed by atoms with van der Waals surface area (Å²) in [5.41, 5.74) is 0. The average Bonchev–Trinajstić information content (AvgIpc) is 2.52. The lowest BCUT2D eigenvalue weighted by Crippen LogP contribution is -2.47. The molecule has 4 nitrogen and oxygen atoms in total. The van der Waals surface area contributed by atoms with Crippen LogP contribution in [0.3, 0.4) is 0 Å². The molecule has 0 aliphatic carbocycles. The SMILES string of the molecule is CC1CCCC(C)N(C(=O)CC2COCCN2)C1.Cl. The number of hydrogen-bond donors (Lipinski definition) is 1. The number of halogens is 1. The van der Waals surface area contributed by atoms with E-state index in [4.69, 9.17) is 4.74 Å². The summed E-state index contributed by atoms with van der Waals surface area (Å²) in [6.45, 7) is 7.66. The summed E-state index contributed by atoms with van der Waals surface area (Å²) in [6, 6.07) is 0.601. The molecule has 0 aromatic heterocycles. The molecular weight excluding hydrogens is 264 g/mol. The van der Waals surface area contributed by atoms with Gasteiger partial charge in [-0.15, -0.1) is 12.4 Å². The van der Waals surface area contributed by atoms with E-state index in [0.29, 0.717) is 30.9 Å². The van der Waals surface area contributed by atoms with Gasteiger partial charge in [-0.25, -0.2) is 0 Å². The van der Waals surface area contributed by atoms with E-state index in [1.54, 1.807) is 0 Å². The second kappa shape index (κ2) is 8.08. The molecule has 2 fully saturated rings. The first kappa shape index (κ1) is 16.7. The Bertz CT molecular complexity index is 283. The van der Waals surface area contributed by atoms with Gasteiger partial charge in [0, 0.05) is 31.6 Å².